The zero-order valence-corrected chi connectivity index (χ0v) is 15.8. The Bertz CT molecular complexity index is 1020. The second-order valence-electron chi connectivity index (χ2n) is 6.29. The van der Waals surface area contributed by atoms with E-state index in [-0.39, 0.29) is 5.69 Å². The second kappa shape index (κ2) is 8.18. The smallest absolute Gasteiger partial charge is 0.337 e. The first-order valence-corrected chi connectivity index (χ1v) is 8.78. The van der Waals surface area contributed by atoms with Crippen molar-refractivity contribution in [3.05, 3.63) is 63.8 Å². The van der Waals surface area contributed by atoms with Gasteiger partial charge in [-0.3, -0.25) is 14.1 Å². The highest BCUT2D eigenvalue weighted by Gasteiger charge is 2.16. The van der Waals surface area contributed by atoms with Crippen molar-refractivity contribution in [2.75, 3.05) is 20.8 Å². The molecule has 0 atom stereocenters. The van der Waals surface area contributed by atoms with Crippen LogP contribution in [0.1, 0.15) is 21.7 Å². The maximum absolute atomic E-state index is 13.0. The van der Waals surface area contributed by atoms with E-state index in [0.717, 1.165) is 16.9 Å². The van der Waals surface area contributed by atoms with Gasteiger partial charge in [0.1, 0.15) is 0 Å². The van der Waals surface area contributed by atoms with E-state index in [9.17, 15) is 9.59 Å². The molecule has 2 aromatic heterocycles. The molecule has 1 aromatic carbocycles. The Kier molecular flexibility index (Phi) is 5.71. The summed E-state index contributed by atoms with van der Waals surface area (Å²) in [5.74, 6) is -0.430. The normalized spacial score (nSPS) is 11.1. The van der Waals surface area contributed by atoms with Crippen molar-refractivity contribution >= 4 is 17.0 Å². The number of carbonyl (C=O) groups excluding carboxylic acids is 1. The number of ether oxygens (including phenoxy) is 2. The quantitative estimate of drug-likeness (QED) is 0.597. The van der Waals surface area contributed by atoms with E-state index >= 15 is 0 Å². The van der Waals surface area contributed by atoms with Crippen LogP contribution in [-0.4, -0.2) is 40.9 Å². The van der Waals surface area contributed by atoms with Gasteiger partial charge in [-0.1, -0.05) is 6.07 Å². The molecule has 0 fully saturated rings. The monoisotopic (exact) mass is 369 g/mol. The average molecular weight is 369 g/mol. The molecule has 0 unspecified atom stereocenters. The van der Waals surface area contributed by atoms with Crippen LogP contribution >= 0.6 is 0 Å². The van der Waals surface area contributed by atoms with Gasteiger partial charge in [-0.05, 0) is 37.3 Å². The number of rotatable bonds is 7. The van der Waals surface area contributed by atoms with Crippen LogP contribution in [0.25, 0.3) is 11.0 Å². The molecule has 0 aliphatic rings. The number of carbonyl (C=O) groups is 1. The number of pyridine rings is 1. The topological polar surface area (TPSA) is 75.4 Å². The molecule has 2 heterocycles. The molecule has 3 aromatic rings. The van der Waals surface area contributed by atoms with Crippen LogP contribution in [-0.2, 0) is 29.0 Å². The fourth-order valence-electron chi connectivity index (χ4n) is 3.14. The van der Waals surface area contributed by atoms with Gasteiger partial charge in [-0.25, -0.2) is 9.59 Å². The van der Waals surface area contributed by atoms with E-state index in [4.69, 9.17) is 9.47 Å². The van der Waals surface area contributed by atoms with Crippen molar-refractivity contribution < 1.29 is 14.3 Å². The Hall–Kier alpha value is -2.93. The maximum atomic E-state index is 13.0. The number of aryl methyl sites for hydroxylation is 3. The number of hydrogen-bond acceptors (Lipinski definition) is 5. The van der Waals surface area contributed by atoms with Gasteiger partial charge in [0.15, 0.2) is 0 Å². The highest BCUT2D eigenvalue weighted by molar-refractivity contribution is 5.93. The molecule has 0 bridgehead atoms. The van der Waals surface area contributed by atoms with Crippen LogP contribution < -0.4 is 5.69 Å². The van der Waals surface area contributed by atoms with Gasteiger partial charge in [0.25, 0.3) is 0 Å². The number of esters is 1. The van der Waals surface area contributed by atoms with E-state index in [2.05, 4.69) is 4.98 Å². The summed E-state index contributed by atoms with van der Waals surface area (Å²) in [6.45, 7) is 3.28. The summed E-state index contributed by atoms with van der Waals surface area (Å²) in [6.07, 6.45) is 0.618. The molecule has 27 heavy (non-hydrogen) atoms. The lowest BCUT2D eigenvalue weighted by molar-refractivity contribution is 0.0601. The molecule has 0 radical (unpaired) electrons. The first-order valence-electron chi connectivity index (χ1n) is 8.78. The highest BCUT2D eigenvalue weighted by atomic mass is 16.5. The maximum Gasteiger partial charge on any atom is 0.337 e. The van der Waals surface area contributed by atoms with Crippen molar-refractivity contribution in [2.45, 2.75) is 26.4 Å². The number of imidazole rings is 1. The Morgan fingerprint density at radius 3 is 2.56 bits per heavy atom. The lowest BCUT2D eigenvalue weighted by Gasteiger charge is -2.05. The summed E-state index contributed by atoms with van der Waals surface area (Å²) < 4.78 is 13.3. The van der Waals surface area contributed by atoms with Gasteiger partial charge in [0.05, 0.1) is 36.9 Å². The number of fused-ring (bicyclic) bond motifs is 1. The zero-order valence-electron chi connectivity index (χ0n) is 15.8. The van der Waals surface area contributed by atoms with Crippen molar-refractivity contribution in [1.82, 2.24) is 14.1 Å². The summed E-state index contributed by atoms with van der Waals surface area (Å²) in [5.41, 5.74) is 3.61. The molecule has 7 heteroatoms. The number of methoxy groups -OCH3 is 2. The van der Waals surface area contributed by atoms with Gasteiger partial charge in [-0.2, -0.15) is 0 Å². The first kappa shape index (κ1) is 18.8. The predicted octanol–water partition coefficient (Wildman–Crippen LogP) is 2.18. The largest absolute Gasteiger partial charge is 0.465 e. The minimum Gasteiger partial charge on any atom is -0.465 e. The van der Waals surface area contributed by atoms with E-state index < -0.39 is 5.97 Å². The molecular formula is C20H23N3O4. The third-order valence-electron chi connectivity index (χ3n) is 4.50. The van der Waals surface area contributed by atoms with Gasteiger partial charge in [-0.15, -0.1) is 0 Å². The lowest BCUT2D eigenvalue weighted by atomic mass is 10.2. The SMILES string of the molecule is COCCn1c(=O)n(CCc2cccc(C)n2)c2cc(C(=O)OC)ccc21. The molecule has 142 valence electrons. The van der Waals surface area contributed by atoms with Crippen LogP contribution in [0.3, 0.4) is 0 Å². The van der Waals surface area contributed by atoms with Crippen LogP contribution in [0.5, 0.6) is 0 Å². The van der Waals surface area contributed by atoms with Gasteiger partial charge >= 0.3 is 11.7 Å². The molecule has 0 N–H and O–H groups in total. The second-order valence-corrected chi connectivity index (χ2v) is 6.29. The van der Waals surface area contributed by atoms with Gasteiger partial charge in [0, 0.05) is 31.5 Å². The Labute approximate surface area is 157 Å². The van der Waals surface area contributed by atoms with E-state index in [0.29, 0.717) is 37.2 Å². The molecule has 0 saturated heterocycles. The van der Waals surface area contributed by atoms with Crippen LogP contribution in [0.4, 0.5) is 0 Å². The number of nitrogens with zero attached hydrogens (tertiary/aromatic N) is 3. The molecule has 0 aliphatic carbocycles. The molecular weight excluding hydrogens is 346 g/mol. The molecule has 0 aliphatic heterocycles. The number of aromatic nitrogens is 3. The summed E-state index contributed by atoms with van der Waals surface area (Å²) in [5, 5.41) is 0. The average Bonchev–Trinajstić information content (AvgIpc) is 2.94. The van der Waals surface area contributed by atoms with E-state index in [1.807, 2.05) is 25.1 Å². The number of benzene rings is 1. The van der Waals surface area contributed by atoms with Crippen LogP contribution in [0.2, 0.25) is 0 Å². The lowest BCUT2D eigenvalue weighted by Crippen LogP contribution is -2.26. The standard InChI is InChI=1S/C20H23N3O4/c1-14-5-4-6-16(21-14)9-10-22-18-13-15(19(24)27-3)7-8-17(18)23(20(22)25)11-12-26-2/h4-8,13H,9-12H2,1-3H3. The minimum atomic E-state index is -0.430. The van der Waals surface area contributed by atoms with Crippen molar-refractivity contribution in [3.63, 3.8) is 0 Å². The third kappa shape index (κ3) is 3.93. The zero-order chi connectivity index (χ0) is 19.4. The number of hydrogen-bond donors (Lipinski definition) is 0. The minimum absolute atomic E-state index is 0.128. The molecule has 0 spiro atoms. The van der Waals surface area contributed by atoms with Crippen LogP contribution in [0.15, 0.2) is 41.2 Å². The van der Waals surface area contributed by atoms with Crippen LogP contribution in [0, 0.1) is 6.92 Å². The molecule has 3 rings (SSSR count). The van der Waals surface area contributed by atoms with Gasteiger partial charge < -0.3 is 9.47 Å². The molecule has 0 amide bonds. The fraction of sp³-hybridized carbons (Fsp3) is 0.350. The van der Waals surface area contributed by atoms with E-state index in [1.54, 1.807) is 34.4 Å². The Morgan fingerprint density at radius 1 is 1.07 bits per heavy atom. The van der Waals surface area contributed by atoms with E-state index in [1.165, 1.54) is 7.11 Å². The Balaban J connectivity index is 2.03. The first-order chi connectivity index (χ1) is 13.0. The van der Waals surface area contributed by atoms with Crippen molar-refractivity contribution in [1.29, 1.82) is 0 Å². The van der Waals surface area contributed by atoms with Crippen molar-refractivity contribution in [3.8, 4) is 0 Å². The molecule has 7 nitrogen and oxygen atoms in total. The predicted molar refractivity (Wildman–Crippen MR) is 102 cm³/mol. The summed E-state index contributed by atoms with van der Waals surface area (Å²) >= 11 is 0. The summed E-state index contributed by atoms with van der Waals surface area (Å²) in [6, 6.07) is 11.0. The summed E-state index contributed by atoms with van der Waals surface area (Å²) in [4.78, 5) is 29.4. The fourth-order valence-corrected chi connectivity index (χ4v) is 3.14. The van der Waals surface area contributed by atoms with Gasteiger partial charge in [0.2, 0.25) is 0 Å². The summed E-state index contributed by atoms with van der Waals surface area (Å²) in [7, 11) is 2.94. The molecule has 0 saturated carbocycles. The highest BCUT2D eigenvalue weighted by Crippen LogP contribution is 2.17. The van der Waals surface area contributed by atoms with Crippen molar-refractivity contribution in [2.24, 2.45) is 0 Å². The Morgan fingerprint density at radius 2 is 1.85 bits per heavy atom. The third-order valence-corrected chi connectivity index (χ3v) is 4.50.